The van der Waals surface area contributed by atoms with Crippen molar-refractivity contribution >= 4 is 11.6 Å². The summed E-state index contributed by atoms with van der Waals surface area (Å²) in [6.45, 7) is 5.54. The lowest BCUT2D eigenvalue weighted by molar-refractivity contribution is -0.118. The number of para-hydroxylation sites is 1. The van der Waals surface area contributed by atoms with E-state index in [1.54, 1.807) is 19.2 Å². The molecule has 0 saturated carbocycles. The zero-order valence-electron chi connectivity index (χ0n) is 11.9. The van der Waals surface area contributed by atoms with Gasteiger partial charge in [0.1, 0.15) is 6.04 Å². The van der Waals surface area contributed by atoms with E-state index >= 15 is 0 Å². The molecule has 0 saturated heterocycles. The zero-order valence-corrected chi connectivity index (χ0v) is 11.9. The Balaban J connectivity index is 2.23. The molecule has 20 heavy (non-hydrogen) atoms. The Morgan fingerprint density at radius 2 is 1.85 bits per heavy atom. The Hall–Kier alpha value is -2.36. The van der Waals surface area contributed by atoms with Gasteiger partial charge in [0.2, 0.25) is 5.91 Å². The number of carbonyl (C=O) groups excluding carboxylic acids is 1. The van der Waals surface area contributed by atoms with Crippen LogP contribution in [0.1, 0.15) is 24.1 Å². The van der Waals surface area contributed by atoms with Crippen molar-refractivity contribution < 1.29 is 4.79 Å². The number of aryl methyl sites for hydroxylation is 2. The molecule has 2 aromatic rings. The summed E-state index contributed by atoms with van der Waals surface area (Å²) in [5, 5.41) is 2.86. The van der Waals surface area contributed by atoms with Gasteiger partial charge in [-0.3, -0.25) is 9.59 Å². The number of anilines is 1. The first-order chi connectivity index (χ1) is 9.49. The van der Waals surface area contributed by atoms with E-state index in [0.717, 1.165) is 16.8 Å². The maximum Gasteiger partial charge on any atom is 0.251 e. The van der Waals surface area contributed by atoms with Crippen LogP contribution in [0.2, 0.25) is 0 Å². The molecule has 0 aliphatic carbocycles. The average molecular weight is 270 g/mol. The highest BCUT2D eigenvalue weighted by Crippen LogP contribution is 2.15. The highest BCUT2D eigenvalue weighted by molar-refractivity contribution is 5.94. The molecular formula is C16H18N2O2. The quantitative estimate of drug-likeness (QED) is 0.932. The molecule has 1 aromatic heterocycles. The van der Waals surface area contributed by atoms with Crippen LogP contribution in [0.3, 0.4) is 0 Å². The van der Waals surface area contributed by atoms with Gasteiger partial charge in [-0.2, -0.15) is 0 Å². The standard InChI is InChI=1S/C16H18N2O2/c1-11-8-9-15(19)18(10-11)13(3)16(20)17-14-7-5-4-6-12(14)2/h4-10,13H,1-3H3,(H,17,20). The fraction of sp³-hybridized carbons (Fsp3) is 0.250. The van der Waals surface area contributed by atoms with E-state index in [0.29, 0.717) is 0 Å². The number of carbonyl (C=O) groups is 1. The van der Waals surface area contributed by atoms with Crippen LogP contribution in [0.4, 0.5) is 5.69 Å². The number of benzene rings is 1. The summed E-state index contributed by atoms with van der Waals surface area (Å²) < 4.78 is 1.45. The minimum atomic E-state index is -0.554. The van der Waals surface area contributed by atoms with E-state index in [1.807, 2.05) is 38.1 Å². The van der Waals surface area contributed by atoms with Gasteiger partial charge in [0.05, 0.1) is 0 Å². The van der Waals surface area contributed by atoms with Gasteiger partial charge in [0.25, 0.3) is 5.56 Å². The molecule has 1 N–H and O–H groups in total. The van der Waals surface area contributed by atoms with Gasteiger partial charge in [-0.1, -0.05) is 24.3 Å². The van der Waals surface area contributed by atoms with Crippen molar-refractivity contribution in [2.75, 3.05) is 5.32 Å². The van der Waals surface area contributed by atoms with Crippen LogP contribution in [0.25, 0.3) is 0 Å². The summed E-state index contributed by atoms with van der Waals surface area (Å²) in [4.78, 5) is 24.1. The molecule has 1 unspecified atom stereocenters. The minimum Gasteiger partial charge on any atom is -0.324 e. The molecule has 1 aromatic carbocycles. The van der Waals surface area contributed by atoms with Crippen molar-refractivity contribution in [3.05, 3.63) is 64.1 Å². The Morgan fingerprint density at radius 1 is 1.15 bits per heavy atom. The maximum atomic E-state index is 12.3. The Kier molecular flexibility index (Phi) is 4.03. The number of hydrogen-bond acceptors (Lipinski definition) is 2. The van der Waals surface area contributed by atoms with Crippen LogP contribution in [0.15, 0.2) is 47.4 Å². The molecule has 0 radical (unpaired) electrons. The number of amides is 1. The second kappa shape index (κ2) is 5.74. The number of hydrogen-bond donors (Lipinski definition) is 1. The van der Waals surface area contributed by atoms with Crippen molar-refractivity contribution in [1.82, 2.24) is 4.57 Å². The molecule has 2 rings (SSSR count). The normalized spacial score (nSPS) is 11.9. The first kappa shape index (κ1) is 14.1. The summed E-state index contributed by atoms with van der Waals surface area (Å²) in [5.41, 5.74) is 2.53. The topological polar surface area (TPSA) is 51.1 Å². The SMILES string of the molecule is Cc1ccc(=O)n(C(C)C(=O)Nc2ccccc2C)c1. The average Bonchev–Trinajstić information content (AvgIpc) is 2.43. The van der Waals surface area contributed by atoms with Crippen LogP contribution >= 0.6 is 0 Å². The summed E-state index contributed by atoms with van der Waals surface area (Å²) in [7, 11) is 0. The zero-order chi connectivity index (χ0) is 14.7. The molecule has 0 aliphatic heterocycles. The smallest absolute Gasteiger partial charge is 0.251 e. The third-order valence-corrected chi connectivity index (χ3v) is 3.29. The van der Waals surface area contributed by atoms with Crippen molar-refractivity contribution in [2.24, 2.45) is 0 Å². The third kappa shape index (κ3) is 2.96. The van der Waals surface area contributed by atoms with E-state index in [9.17, 15) is 9.59 Å². The van der Waals surface area contributed by atoms with Gasteiger partial charge in [-0.25, -0.2) is 0 Å². The van der Waals surface area contributed by atoms with E-state index in [1.165, 1.54) is 10.6 Å². The number of nitrogens with zero attached hydrogens (tertiary/aromatic N) is 1. The molecule has 0 spiro atoms. The Bertz CT molecular complexity index is 689. The third-order valence-electron chi connectivity index (χ3n) is 3.29. The van der Waals surface area contributed by atoms with Gasteiger partial charge < -0.3 is 9.88 Å². The number of aromatic nitrogens is 1. The molecule has 0 fully saturated rings. The van der Waals surface area contributed by atoms with Crippen molar-refractivity contribution in [2.45, 2.75) is 26.8 Å². The predicted octanol–water partition coefficient (Wildman–Crippen LogP) is 2.66. The molecule has 1 atom stereocenters. The van der Waals surface area contributed by atoms with Crippen molar-refractivity contribution in [3.63, 3.8) is 0 Å². The molecule has 4 heteroatoms. The van der Waals surface area contributed by atoms with E-state index in [2.05, 4.69) is 5.32 Å². The fourth-order valence-electron chi connectivity index (χ4n) is 1.99. The van der Waals surface area contributed by atoms with E-state index in [-0.39, 0.29) is 11.5 Å². The fourth-order valence-corrected chi connectivity index (χ4v) is 1.99. The molecule has 4 nitrogen and oxygen atoms in total. The van der Waals surface area contributed by atoms with E-state index < -0.39 is 6.04 Å². The van der Waals surface area contributed by atoms with Gasteiger partial charge in [-0.15, -0.1) is 0 Å². The molecule has 0 aliphatic rings. The largest absolute Gasteiger partial charge is 0.324 e. The first-order valence-corrected chi connectivity index (χ1v) is 6.54. The Morgan fingerprint density at radius 3 is 2.55 bits per heavy atom. The first-order valence-electron chi connectivity index (χ1n) is 6.54. The van der Waals surface area contributed by atoms with Gasteiger partial charge in [0.15, 0.2) is 0 Å². The molecule has 104 valence electrons. The lowest BCUT2D eigenvalue weighted by Gasteiger charge is -2.16. The maximum absolute atomic E-state index is 12.3. The van der Waals surface area contributed by atoms with Crippen molar-refractivity contribution in [1.29, 1.82) is 0 Å². The number of nitrogens with one attached hydrogen (secondary N) is 1. The van der Waals surface area contributed by atoms with Crippen molar-refractivity contribution in [3.8, 4) is 0 Å². The molecular weight excluding hydrogens is 252 g/mol. The molecule has 0 bridgehead atoms. The van der Waals surface area contributed by atoms with Crippen LogP contribution in [0, 0.1) is 13.8 Å². The highest BCUT2D eigenvalue weighted by atomic mass is 16.2. The summed E-state index contributed by atoms with van der Waals surface area (Å²) in [6, 6.07) is 10.2. The lowest BCUT2D eigenvalue weighted by Crippen LogP contribution is -2.31. The van der Waals surface area contributed by atoms with E-state index in [4.69, 9.17) is 0 Å². The minimum absolute atomic E-state index is 0.178. The predicted molar refractivity (Wildman–Crippen MR) is 80.0 cm³/mol. The Labute approximate surface area is 118 Å². The van der Waals surface area contributed by atoms with Crippen LogP contribution in [0.5, 0.6) is 0 Å². The monoisotopic (exact) mass is 270 g/mol. The molecule has 1 amide bonds. The lowest BCUT2D eigenvalue weighted by atomic mass is 10.2. The molecule has 1 heterocycles. The van der Waals surface area contributed by atoms with Crippen LogP contribution in [-0.2, 0) is 4.79 Å². The highest BCUT2D eigenvalue weighted by Gasteiger charge is 2.16. The summed E-state index contributed by atoms with van der Waals surface area (Å²) in [6.07, 6.45) is 1.70. The van der Waals surface area contributed by atoms with Gasteiger partial charge >= 0.3 is 0 Å². The number of pyridine rings is 1. The van der Waals surface area contributed by atoms with Gasteiger partial charge in [0, 0.05) is 18.0 Å². The summed E-state index contributed by atoms with van der Waals surface area (Å²) in [5.74, 6) is -0.202. The second-order valence-electron chi connectivity index (χ2n) is 4.93. The summed E-state index contributed by atoms with van der Waals surface area (Å²) >= 11 is 0. The number of rotatable bonds is 3. The second-order valence-corrected chi connectivity index (χ2v) is 4.93. The van der Waals surface area contributed by atoms with Crippen LogP contribution in [-0.4, -0.2) is 10.5 Å². The van der Waals surface area contributed by atoms with Crippen LogP contribution < -0.4 is 10.9 Å². The van der Waals surface area contributed by atoms with Gasteiger partial charge in [-0.05, 0) is 38.0 Å².